The van der Waals surface area contributed by atoms with Crippen LogP contribution in [0.1, 0.15) is 58.3 Å². The summed E-state index contributed by atoms with van der Waals surface area (Å²) in [4.78, 5) is 11.7. The van der Waals surface area contributed by atoms with E-state index in [1.807, 2.05) is 30.3 Å². The molecule has 0 aliphatic heterocycles. The predicted molar refractivity (Wildman–Crippen MR) is 183 cm³/mol. The maximum absolute atomic E-state index is 11.7. The van der Waals surface area contributed by atoms with Crippen LogP contribution in [0.15, 0.2) is 30.3 Å². The standard InChI is InChI=1S/C36H64O12/c1-2-3-4-5-6-7-11-14-36(37)48-34-32-46-30-28-44-26-24-42-22-20-40-18-16-38-15-17-39-19-21-41-23-25-43-27-29-45-31-33-47-35-12-9-8-10-13-35/h8-10,12-13H,2-7,11,14-34H2,1H3. The molecular weight excluding hydrogens is 624 g/mol. The number of carbonyl (C=O) groups is 1. The van der Waals surface area contributed by atoms with Gasteiger partial charge in [0, 0.05) is 6.42 Å². The lowest BCUT2D eigenvalue weighted by Crippen LogP contribution is -2.15. The third-order valence-corrected chi connectivity index (χ3v) is 6.69. The topological polar surface area (TPSA) is 119 Å². The summed E-state index contributed by atoms with van der Waals surface area (Å²) in [5.41, 5.74) is 0. The van der Waals surface area contributed by atoms with Crippen LogP contribution in [0, 0.1) is 0 Å². The zero-order valence-electron chi connectivity index (χ0n) is 29.6. The first kappa shape index (κ1) is 44.2. The molecule has 0 radical (unpaired) electrons. The van der Waals surface area contributed by atoms with Gasteiger partial charge in [0.15, 0.2) is 0 Å². The van der Waals surface area contributed by atoms with Gasteiger partial charge in [-0.1, -0.05) is 63.6 Å². The monoisotopic (exact) mass is 688 g/mol. The highest BCUT2D eigenvalue weighted by atomic mass is 16.6. The molecule has 0 aliphatic rings. The van der Waals surface area contributed by atoms with Crippen LogP contribution in [0.3, 0.4) is 0 Å². The molecule has 0 saturated heterocycles. The second-order valence-electron chi connectivity index (χ2n) is 10.8. The normalized spacial score (nSPS) is 11.3. The molecule has 0 aliphatic carbocycles. The molecule has 0 bridgehead atoms. The molecule has 1 aromatic carbocycles. The van der Waals surface area contributed by atoms with Crippen molar-refractivity contribution in [1.29, 1.82) is 0 Å². The van der Waals surface area contributed by atoms with Crippen LogP contribution < -0.4 is 4.74 Å². The van der Waals surface area contributed by atoms with Gasteiger partial charge in [-0.2, -0.15) is 0 Å². The van der Waals surface area contributed by atoms with Gasteiger partial charge in [0.25, 0.3) is 0 Å². The fourth-order valence-electron chi connectivity index (χ4n) is 4.11. The van der Waals surface area contributed by atoms with Gasteiger partial charge in [-0.25, -0.2) is 0 Å². The van der Waals surface area contributed by atoms with Crippen molar-refractivity contribution in [3.05, 3.63) is 30.3 Å². The van der Waals surface area contributed by atoms with Crippen LogP contribution in [0.5, 0.6) is 5.75 Å². The van der Waals surface area contributed by atoms with Crippen molar-refractivity contribution in [2.45, 2.75) is 58.3 Å². The number of rotatable bonds is 39. The maximum atomic E-state index is 11.7. The van der Waals surface area contributed by atoms with E-state index in [0.29, 0.717) is 132 Å². The number of para-hydroxylation sites is 1. The number of hydrogen-bond acceptors (Lipinski definition) is 12. The average molecular weight is 689 g/mol. The molecule has 1 rings (SSSR count). The Bertz CT molecular complexity index is 771. The minimum Gasteiger partial charge on any atom is -0.491 e. The van der Waals surface area contributed by atoms with Gasteiger partial charge >= 0.3 is 5.97 Å². The van der Waals surface area contributed by atoms with E-state index in [4.69, 9.17) is 52.1 Å². The van der Waals surface area contributed by atoms with Gasteiger partial charge in [-0.05, 0) is 18.6 Å². The number of esters is 1. The lowest BCUT2D eigenvalue weighted by atomic mass is 10.1. The highest BCUT2D eigenvalue weighted by Crippen LogP contribution is 2.09. The summed E-state index contributed by atoms with van der Waals surface area (Å²) in [6.07, 6.45) is 8.80. The second kappa shape index (κ2) is 37.9. The maximum Gasteiger partial charge on any atom is 0.305 e. The van der Waals surface area contributed by atoms with Crippen LogP contribution in [-0.4, -0.2) is 138 Å². The third kappa shape index (κ3) is 34.0. The van der Waals surface area contributed by atoms with Crippen molar-refractivity contribution >= 4 is 5.97 Å². The van der Waals surface area contributed by atoms with Crippen molar-refractivity contribution in [2.24, 2.45) is 0 Å². The largest absolute Gasteiger partial charge is 0.491 e. The Morgan fingerprint density at radius 3 is 1.15 bits per heavy atom. The first-order valence-electron chi connectivity index (χ1n) is 17.9. The summed E-state index contributed by atoms with van der Waals surface area (Å²) >= 11 is 0. The minimum atomic E-state index is -0.140. The molecule has 0 atom stereocenters. The Balaban J connectivity index is 1.63. The van der Waals surface area contributed by atoms with Gasteiger partial charge in [0.1, 0.15) is 19.0 Å². The molecule has 0 N–H and O–H groups in total. The summed E-state index contributed by atoms with van der Waals surface area (Å²) in [5.74, 6) is 0.703. The van der Waals surface area contributed by atoms with Crippen LogP contribution >= 0.6 is 0 Å². The van der Waals surface area contributed by atoms with E-state index < -0.39 is 0 Å². The highest BCUT2D eigenvalue weighted by molar-refractivity contribution is 5.69. The number of ether oxygens (including phenoxy) is 11. The molecule has 0 aromatic heterocycles. The molecule has 12 nitrogen and oxygen atoms in total. The Morgan fingerprint density at radius 1 is 0.417 bits per heavy atom. The summed E-state index contributed by atoms with van der Waals surface area (Å²) in [7, 11) is 0. The molecule has 1 aromatic rings. The smallest absolute Gasteiger partial charge is 0.305 e. The van der Waals surface area contributed by atoms with Crippen LogP contribution in [-0.2, 0) is 52.2 Å². The zero-order valence-corrected chi connectivity index (χ0v) is 29.6. The van der Waals surface area contributed by atoms with Gasteiger partial charge in [0.05, 0.1) is 119 Å². The molecule has 0 spiro atoms. The third-order valence-electron chi connectivity index (χ3n) is 6.69. The number of unbranched alkanes of at least 4 members (excludes halogenated alkanes) is 6. The number of carbonyl (C=O) groups excluding carboxylic acids is 1. The van der Waals surface area contributed by atoms with Gasteiger partial charge in [0.2, 0.25) is 0 Å². The first-order valence-corrected chi connectivity index (χ1v) is 17.9. The Kier molecular flexibility index (Phi) is 34.9. The fourth-order valence-corrected chi connectivity index (χ4v) is 4.11. The summed E-state index contributed by atoms with van der Waals surface area (Å²) in [6.45, 7) is 11.9. The van der Waals surface area contributed by atoms with E-state index in [2.05, 4.69) is 6.92 Å². The quantitative estimate of drug-likeness (QED) is 0.0692. The van der Waals surface area contributed by atoms with E-state index in [9.17, 15) is 4.79 Å². The molecule has 0 saturated carbocycles. The van der Waals surface area contributed by atoms with E-state index in [-0.39, 0.29) is 12.6 Å². The summed E-state index contributed by atoms with van der Waals surface area (Å²) in [5, 5.41) is 0. The minimum absolute atomic E-state index is 0.140. The van der Waals surface area contributed by atoms with Gasteiger partial charge in [-0.15, -0.1) is 0 Å². The Morgan fingerprint density at radius 2 is 0.750 bits per heavy atom. The lowest BCUT2D eigenvalue weighted by molar-refractivity contribution is -0.145. The molecule has 280 valence electrons. The average Bonchev–Trinajstić information content (AvgIpc) is 3.10. The first-order chi connectivity index (χ1) is 23.8. The molecule has 0 unspecified atom stereocenters. The van der Waals surface area contributed by atoms with E-state index in [0.717, 1.165) is 18.6 Å². The summed E-state index contributed by atoms with van der Waals surface area (Å²) < 4.78 is 60.0. The van der Waals surface area contributed by atoms with Crippen LogP contribution in [0.4, 0.5) is 0 Å². The van der Waals surface area contributed by atoms with Crippen molar-refractivity contribution in [3.63, 3.8) is 0 Å². The fraction of sp³-hybridized carbons (Fsp3) is 0.806. The Hall–Kier alpha value is -1.87. The van der Waals surface area contributed by atoms with Gasteiger partial charge < -0.3 is 52.1 Å². The molecule has 0 heterocycles. The lowest BCUT2D eigenvalue weighted by Gasteiger charge is -2.09. The zero-order chi connectivity index (χ0) is 34.3. The highest BCUT2D eigenvalue weighted by Gasteiger charge is 2.03. The molecular formula is C36H64O12. The van der Waals surface area contributed by atoms with Crippen molar-refractivity contribution in [2.75, 3.05) is 132 Å². The molecule has 48 heavy (non-hydrogen) atoms. The predicted octanol–water partition coefficient (Wildman–Crippen LogP) is 4.90. The van der Waals surface area contributed by atoms with Crippen molar-refractivity contribution in [1.82, 2.24) is 0 Å². The number of hydrogen-bond donors (Lipinski definition) is 0. The SMILES string of the molecule is CCCCCCCCCC(=O)OCCOCCOCCOCCOCCOCCOCCOCCOCCOCCOc1ccccc1. The molecule has 12 heteroatoms. The number of benzene rings is 1. The molecule has 0 amide bonds. The molecule has 0 fully saturated rings. The van der Waals surface area contributed by atoms with E-state index in [1.54, 1.807) is 0 Å². The second-order valence-corrected chi connectivity index (χ2v) is 10.8. The van der Waals surface area contributed by atoms with E-state index in [1.165, 1.54) is 32.1 Å². The van der Waals surface area contributed by atoms with Crippen molar-refractivity contribution < 1.29 is 56.9 Å². The van der Waals surface area contributed by atoms with Crippen molar-refractivity contribution in [3.8, 4) is 5.75 Å². The van der Waals surface area contributed by atoms with Crippen LogP contribution in [0.25, 0.3) is 0 Å². The van der Waals surface area contributed by atoms with E-state index >= 15 is 0 Å². The summed E-state index contributed by atoms with van der Waals surface area (Å²) in [6, 6.07) is 9.67. The Labute approximate surface area is 289 Å². The van der Waals surface area contributed by atoms with Crippen LogP contribution in [0.2, 0.25) is 0 Å². The van der Waals surface area contributed by atoms with Gasteiger partial charge in [-0.3, -0.25) is 4.79 Å².